The molecule has 4 nitrogen and oxygen atoms in total. The first-order valence-corrected chi connectivity index (χ1v) is 10.5. The van der Waals surface area contributed by atoms with Crippen LogP contribution in [0.1, 0.15) is 11.1 Å². The molecule has 0 aliphatic carbocycles. The van der Waals surface area contributed by atoms with Crippen LogP contribution in [-0.4, -0.2) is 5.91 Å². The number of nitrogens with one attached hydrogen (secondary N) is 1. The van der Waals surface area contributed by atoms with Gasteiger partial charge in [0.25, 0.3) is 5.91 Å². The van der Waals surface area contributed by atoms with Crippen molar-refractivity contribution in [3.8, 4) is 11.8 Å². The van der Waals surface area contributed by atoms with Gasteiger partial charge in [-0.2, -0.15) is 5.26 Å². The molecule has 8 heteroatoms. The number of ether oxygens (including phenoxy) is 1. The molecule has 3 aromatic rings. The van der Waals surface area contributed by atoms with Gasteiger partial charge in [-0.25, -0.2) is 4.39 Å². The van der Waals surface area contributed by atoms with Crippen LogP contribution in [0.3, 0.4) is 0 Å². The minimum atomic E-state index is -0.572. The van der Waals surface area contributed by atoms with Crippen LogP contribution in [0.25, 0.3) is 6.08 Å². The van der Waals surface area contributed by atoms with Crippen LogP contribution < -0.4 is 10.1 Å². The Morgan fingerprint density at radius 2 is 1.77 bits per heavy atom. The van der Waals surface area contributed by atoms with E-state index in [1.54, 1.807) is 42.5 Å². The van der Waals surface area contributed by atoms with E-state index in [-0.39, 0.29) is 28.0 Å². The topological polar surface area (TPSA) is 62.1 Å². The summed E-state index contributed by atoms with van der Waals surface area (Å²) in [5.41, 5.74) is 1.21. The lowest BCUT2D eigenvalue weighted by atomic mass is 10.1. The predicted molar refractivity (Wildman–Crippen MR) is 124 cm³/mol. The monoisotopic (exact) mass is 518 g/mol. The second-order valence-corrected chi connectivity index (χ2v) is 8.05. The Morgan fingerprint density at radius 1 is 1.13 bits per heavy atom. The average molecular weight is 520 g/mol. The van der Waals surface area contributed by atoms with Gasteiger partial charge < -0.3 is 10.1 Å². The molecule has 1 amide bonds. The number of hydrogen-bond acceptors (Lipinski definition) is 3. The highest BCUT2D eigenvalue weighted by molar-refractivity contribution is 9.10. The van der Waals surface area contributed by atoms with Crippen LogP contribution in [0.5, 0.6) is 5.75 Å². The summed E-state index contributed by atoms with van der Waals surface area (Å²) in [7, 11) is 0. The van der Waals surface area contributed by atoms with Crippen molar-refractivity contribution in [1.29, 1.82) is 5.26 Å². The maximum Gasteiger partial charge on any atom is 0.266 e. The number of amides is 1. The van der Waals surface area contributed by atoms with E-state index in [0.717, 1.165) is 4.47 Å². The smallest absolute Gasteiger partial charge is 0.266 e. The zero-order chi connectivity index (χ0) is 22.4. The van der Waals surface area contributed by atoms with Crippen molar-refractivity contribution >= 4 is 56.8 Å². The molecule has 0 saturated heterocycles. The van der Waals surface area contributed by atoms with Gasteiger partial charge in [0.15, 0.2) is 5.75 Å². The molecule has 3 aromatic carbocycles. The fourth-order valence-electron chi connectivity index (χ4n) is 2.61. The van der Waals surface area contributed by atoms with Crippen molar-refractivity contribution in [2.45, 2.75) is 6.61 Å². The van der Waals surface area contributed by atoms with Crippen molar-refractivity contribution < 1.29 is 13.9 Å². The molecule has 0 saturated carbocycles. The molecule has 0 aliphatic rings. The van der Waals surface area contributed by atoms with Gasteiger partial charge >= 0.3 is 0 Å². The lowest BCUT2D eigenvalue weighted by Crippen LogP contribution is -2.13. The number of carbonyl (C=O) groups is 1. The molecule has 0 unspecified atom stereocenters. The Kier molecular flexibility index (Phi) is 7.69. The fourth-order valence-corrected chi connectivity index (χ4v) is 3.49. The molecule has 31 heavy (non-hydrogen) atoms. The highest BCUT2D eigenvalue weighted by Crippen LogP contribution is 2.35. The van der Waals surface area contributed by atoms with Crippen LogP contribution in [0.2, 0.25) is 10.0 Å². The molecular weight excluding hydrogens is 506 g/mol. The first-order valence-electron chi connectivity index (χ1n) is 8.91. The Balaban J connectivity index is 1.77. The molecule has 0 fully saturated rings. The Hall–Kier alpha value is -2.85. The molecule has 0 bridgehead atoms. The van der Waals surface area contributed by atoms with E-state index >= 15 is 0 Å². The molecule has 0 spiro atoms. The first kappa shape index (κ1) is 22.8. The van der Waals surface area contributed by atoms with E-state index < -0.39 is 11.7 Å². The molecule has 0 atom stereocenters. The summed E-state index contributed by atoms with van der Waals surface area (Å²) in [5.74, 6) is -0.789. The quantitative estimate of drug-likeness (QED) is 0.281. The molecule has 3 rings (SSSR count). The number of hydrogen-bond donors (Lipinski definition) is 1. The van der Waals surface area contributed by atoms with Crippen LogP contribution in [-0.2, 0) is 11.4 Å². The Labute approximate surface area is 197 Å². The van der Waals surface area contributed by atoms with Crippen LogP contribution >= 0.6 is 39.1 Å². The van der Waals surface area contributed by atoms with Gasteiger partial charge in [0.2, 0.25) is 0 Å². The second kappa shape index (κ2) is 10.5. The minimum absolute atomic E-state index is 0.0552. The minimum Gasteiger partial charge on any atom is -0.486 e. The molecular formula is C23H14BrCl2FN2O2. The summed E-state index contributed by atoms with van der Waals surface area (Å²) in [6.07, 6.45) is 1.37. The van der Waals surface area contributed by atoms with Gasteiger partial charge in [0.1, 0.15) is 24.1 Å². The lowest BCUT2D eigenvalue weighted by molar-refractivity contribution is -0.112. The molecule has 0 heterocycles. The van der Waals surface area contributed by atoms with E-state index in [1.807, 2.05) is 6.07 Å². The van der Waals surface area contributed by atoms with Crippen molar-refractivity contribution in [2.24, 2.45) is 0 Å². The van der Waals surface area contributed by atoms with E-state index in [2.05, 4.69) is 21.2 Å². The highest BCUT2D eigenvalue weighted by atomic mass is 79.9. The summed E-state index contributed by atoms with van der Waals surface area (Å²) in [4.78, 5) is 12.4. The maximum absolute atomic E-state index is 13.8. The average Bonchev–Trinajstić information content (AvgIpc) is 2.74. The number of nitrogens with zero attached hydrogens (tertiary/aromatic N) is 1. The van der Waals surface area contributed by atoms with Crippen molar-refractivity contribution in [2.75, 3.05) is 5.32 Å². The van der Waals surface area contributed by atoms with Gasteiger partial charge in [0.05, 0.1) is 10.0 Å². The normalized spacial score (nSPS) is 11.0. The summed E-state index contributed by atoms with van der Waals surface area (Å²) in [5, 5.41) is 12.4. The van der Waals surface area contributed by atoms with Gasteiger partial charge in [-0.1, -0.05) is 57.3 Å². The van der Waals surface area contributed by atoms with Gasteiger partial charge in [-0.3, -0.25) is 4.79 Å². The number of halogens is 4. The maximum atomic E-state index is 13.8. The Morgan fingerprint density at radius 3 is 2.39 bits per heavy atom. The molecule has 0 aliphatic heterocycles. The van der Waals surface area contributed by atoms with Crippen molar-refractivity contribution in [3.63, 3.8) is 0 Å². The second-order valence-electron chi connectivity index (χ2n) is 6.32. The van der Waals surface area contributed by atoms with E-state index in [4.69, 9.17) is 27.9 Å². The van der Waals surface area contributed by atoms with Crippen LogP contribution in [0.4, 0.5) is 10.1 Å². The zero-order valence-electron chi connectivity index (χ0n) is 15.8. The van der Waals surface area contributed by atoms with Gasteiger partial charge in [-0.15, -0.1) is 0 Å². The van der Waals surface area contributed by atoms with Crippen molar-refractivity contribution in [1.82, 2.24) is 0 Å². The van der Waals surface area contributed by atoms with Gasteiger partial charge in [0, 0.05) is 15.7 Å². The summed E-state index contributed by atoms with van der Waals surface area (Å²) < 4.78 is 20.2. The number of benzene rings is 3. The highest BCUT2D eigenvalue weighted by Gasteiger charge is 2.14. The zero-order valence-corrected chi connectivity index (χ0v) is 18.9. The standard InChI is InChI=1S/C23H14BrCl2FN2O2/c24-17-5-7-18(8-6-17)29-23(30)16(12-28)9-14-10-19(25)22(20(26)11-14)31-13-15-3-1-2-4-21(15)27/h1-11H,13H2,(H,29,30)/b16-9-. The summed E-state index contributed by atoms with van der Waals surface area (Å²) >= 11 is 15.9. The third-order valence-electron chi connectivity index (χ3n) is 4.13. The summed E-state index contributed by atoms with van der Waals surface area (Å²) in [6.45, 7) is -0.0552. The third kappa shape index (κ3) is 6.08. The SMILES string of the molecule is N#C/C(=C/c1cc(Cl)c(OCc2ccccc2F)c(Cl)c1)C(=O)Nc1ccc(Br)cc1. The van der Waals surface area contributed by atoms with Crippen LogP contribution in [0, 0.1) is 17.1 Å². The van der Waals surface area contributed by atoms with Crippen LogP contribution in [0.15, 0.2) is 70.7 Å². The number of anilines is 1. The predicted octanol–water partition coefficient (Wildman–Crippen LogP) is 7.02. The van der Waals surface area contributed by atoms with Crippen molar-refractivity contribution in [3.05, 3.63) is 97.7 Å². The largest absolute Gasteiger partial charge is 0.486 e. The molecule has 0 aromatic heterocycles. The Bertz CT molecular complexity index is 1170. The number of nitriles is 1. The molecule has 0 radical (unpaired) electrons. The van der Waals surface area contributed by atoms with E-state index in [9.17, 15) is 14.4 Å². The lowest BCUT2D eigenvalue weighted by Gasteiger charge is -2.11. The first-order chi connectivity index (χ1) is 14.9. The van der Waals surface area contributed by atoms with Gasteiger partial charge in [-0.05, 0) is 54.1 Å². The fraction of sp³-hybridized carbons (Fsp3) is 0.0435. The third-order valence-corrected chi connectivity index (χ3v) is 5.22. The van der Waals surface area contributed by atoms with E-state index in [0.29, 0.717) is 16.8 Å². The molecule has 1 N–H and O–H groups in total. The van der Waals surface area contributed by atoms with E-state index in [1.165, 1.54) is 24.3 Å². The number of rotatable bonds is 6. The summed E-state index contributed by atoms with van der Waals surface area (Å²) in [6, 6.07) is 18.0. The number of carbonyl (C=O) groups excluding carboxylic acids is 1. The molecule has 156 valence electrons.